The number of amides is 1. The van der Waals surface area contributed by atoms with Crippen molar-refractivity contribution in [3.63, 3.8) is 0 Å². The maximum atomic E-state index is 11.3. The van der Waals surface area contributed by atoms with E-state index >= 15 is 0 Å². The summed E-state index contributed by atoms with van der Waals surface area (Å²) in [7, 11) is 0. The number of nitriles is 1. The number of nitrogens with one attached hydrogen (secondary N) is 1. The molecule has 0 spiro atoms. The van der Waals surface area contributed by atoms with E-state index in [-0.39, 0.29) is 12.0 Å². The second-order valence-corrected chi connectivity index (χ2v) is 11.1. The van der Waals surface area contributed by atoms with Gasteiger partial charge < -0.3 is 29.9 Å². The topological polar surface area (TPSA) is 118 Å². The monoisotopic (exact) mass is 561 g/mol. The number of carbonyl (C=O) groups is 1. The zero-order valence-corrected chi connectivity index (χ0v) is 23.0. The number of carboxylic acid groups (broad SMARTS) is 1. The van der Waals surface area contributed by atoms with Crippen LogP contribution in [-0.2, 0) is 13.0 Å². The molecule has 11 heteroatoms. The normalized spacial score (nSPS) is 20.9. The fraction of sp³-hybridized carbons (Fsp3) is 0.448. The third-order valence-electron chi connectivity index (χ3n) is 8.09. The quantitative estimate of drug-likeness (QED) is 0.461. The zero-order chi connectivity index (χ0) is 27.6. The average Bonchev–Trinajstić information content (AvgIpc) is 3.45. The number of aromatic nitrogens is 2. The minimum absolute atomic E-state index is 0.0761. The number of halogens is 1. The Labute approximate surface area is 238 Å². The van der Waals surface area contributed by atoms with Crippen LogP contribution >= 0.6 is 11.6 Å². The third kappa shape index (κ3) is 5.31. The molecule has 0 radical (unpaired) electrons. The molecule has 0 bridgehead atoms. The Morgan fingerprint density at radius 2 is 2.00 bits per heavy atom. The number of benzene rings is 2. The first-order chi connectivity index (χ1) is 19.5. The first-order valence-corrected chi connectivity index (χ1v) is 14.2. The van der Waals surface area contributed by atoms with Crippen molar-refractivity contribution < 1.29 is 14.6 Å². The largest absolute Gasteiger partial charge is 0.465 e. The molecule has 4 heterocycles. The van der Waals surface area contributed by atoms with Crippen molar-refractivity contribution in [1.82, 2.24) is 20.2 Å². The molecule has 2 saturated heterocycles. The van der Waals surface area contributed by atoms with E-state index in [0.717, 1.165) is 71.0 Å². The van der Waals surface area contributed by atoms with Crippen LogP contribution in [-0.4, -0.2) is 78.0 Å². The van der Waals surface area contributed by atoms with E-state index in [1.807, 2.05) is 12.1 Å². The summed E-state index contributed by atoms with van der Waals surface area (Å²) in [6, 6.07) is 14.9. The highest BCUT2D eigenvalue weighted by Crippen LogP contribution is 2.37. The number of nitrogens with zero attached hydrogens (tertiary/aromatic N) is 6. The molecular formula is C29H32ClN7O3. The van der Waals surface area contributed by atoms with Gasteiger partial charge in [-0.3, -0.25) is 0 Å². The van der Waals surface area contributed by atoms with Crippen molar-refractivity contribution >= 4 is 40.0 Å². The van der Waals surface area contributed by atoms with Crippen molar-refractivity contribution in [3.8, 4) is 12.1 Å². The molecule has 3 aromatic rings. The fourth-order valence-electron chi connectivity index (χ4n) is 6.06. The molecule has 40 heavy (non-hydrogen) atoms. The van der Waals surface area contributed by atoms with Gasteiger partial charge in [0.05, 0.1) is 36.4 Å². The van der Waals surface area contributed by atoms with Gasteiger partial charge in [-0.05, 0) is 30.4 Å². The Hall–Kier alpha value is -3.81. The molecule has 2 unspecified atom stereocenters. The second kappa shape index (κ2) is 11.4. The molecule has 2 fully saturated rings. The molecule has 0 saturated carbocycles. The standard InChI is InChI=1S/C29H32ClN7O3/c30-23-5-1-3-20-4-2-6-25(26(20)23)35-13-9-22-24(17-35)33-28(40-18-19-8-12-37(15-19)29(38)39)34-27(22)36-14-11-32-21(16-36)7-10-31/h1-6,19,21,32H,7-9,11-18H2,(H,38,39). The molecule has 10 nitrogen and oxygen atoms in total. The van der Waals surface area contributed by atoms with Gasteiger partial charge in [-0.15, -0.1) is 0 Å². The van der Waals surface area contributed by atoms with Gasteiger partial charge in [0, 0.05) is 67.9 Å². The molecule has 2 atom stereocenters. The van der Waals surface area contributed by atoms with E-state index in [2.05, 4.69) is 45.5 Å². The minimum atomic E-state index is -0.894. The fourth-order valence-corrected chi connectivity index (χ4v) is 6.34. The SMILES string of the molecule is N#CCC1CN(c2nc(OCC3CCN(C(=O)O)C3)nc3c2CCN(c2cccc4cccc(Cl)c24)C3)CCN1. The summed E-state index contributed by atoms with van der Waals surface area (Å²) in [4.78, 5) is 27.1. The number of hydrogen-bond donors (Lipinski definition) is 2. The molecule has 2 aromatic carbocycles. The van der Waals surface area contributed by atoms with Gasteiger partial charge in [-0.1, -0.05) is 35.9 Å². The molecule has 3 aliphatic heterocycles. The summed E-state index contributed by atoms with van der Waals surface area (Å²) in [6.45, 7) is 4.97. The lowest BCUT2D eigenvalue weighted by atomic mass is 10.0. The molecule has 3 aliphatic rings. The van der Waals surface area contributed by atoms with Crippen molar-refractivity contribution in [2.75, 3.05) is 55.7 Å². The van der Waals surface area contributed by atoms with E-state index < -0.39 is 6.09 Å². The van der Waals surface area contributed by atoms with Gasteiger partial charge in [-0.2, -0.15) is 15.2 Å². The number of ether oxygens (including phenoxy) is 1. The number of anilines is 2. The summed E-state index contributed by atoms with van der Waals surface area (Å²) < 4.78 is 6.14. The summed E-state index contributed by atoms with van der Waals surface area (Å²) in [5, 5.41) is 24.9. The second-order valence-electron chi connectivity index (χ2n) is 10.7. The lowest BCUT2D eigenvalue weighted by molar-refractivity contribution is 0.151. The van der Waals surface area contributed by atoms with Crippen LogP contribution < -0.4 is 19.9 Å². The molecule has 208 valence electrons. The maximum absolute atomic E-state index is 11.3. The van der Waals surface area contributed by atoms with Gasteiger partial charge in [0.1, 0.15) is 5.82 Å². The van der Waals surface area contributed by atoms with Crippen molar-refractivity contribution in [2.45, 2.75) is 31.8 Å². The zero-order valence-electron chi connectivity index (χ0n) is 22.2. The first kappa shape index (κ1) is 26.4. The van der Waals surface area contributed by atoms with Crippen LogP contribution in [0.2, 0.25) is 5.02 Å². The Morgan fingerprint density at radius 3 is 2.80 bits per heavy atom. The first-order valence-electron chi connectivity index (χ1n) is 13.8. The van der Waals surface area contributed by atoms with Crippen LogP contribution in [0, 0.1) is 17.2 Å². The minimum Gasteiger partial charge on any atom is -0.465 e. The van der Waals surface area contributed by atoms with E-state index in [4.69, 9.17) is 26.3 Å². The molecule has 6 rings (SSSR count). The number of likely N-dealkylation sites (tertiary alicyclic amines) is 1. The summed E-state index contributed by atoms with van der Waals surface area (Å²) in [5.41, 5.74) is 3.11. The van der Waals surface area contributed by atoms with E-state index in [9.17, 15) is 15.2 Å². The van der Waals surface area contributed by atoms with Gasteiger partial charge in [0.2, 0.25) is 0 Å². The highest BCUT2D eigenvalue weighted by molar-refractivity contribution is 6.36. The Morgan fingerprint density at radius 1 is 1.15 bits per heavy atom. The van der Waals surface area contributed by atoms with E-state index in [1.165, 1.54) is 4.90 Å². The van der Waals surface area contributed by atoms with Crippen molar-refractivity contribution in [2.24, 2.45) is 5.92 Å². The number of piperazine rings is 1. The predicted octanol–water partition coefficient (Wildman–Crippen LogP) is 3.92. The van der Waals surface area contributed by atoms with Crippen LogP contribution in [0.3, 0.4) is 0 Å². The van der Waals surface area contributed by atoms with E-state index in [0.29, 0.717) is 45.2 Å². The summed E-state index contributed by atoms with van der Waals surface area (Å²) in [5.74, 6) is 0.978. The number of hydrogen-bond acceptors (Lipinski definition) is 8. The summed E-state index contributed by atoms with van der Waals surface area (Å²) >= 11 is 6.66. The number of fused-ring (bicyclic) bond motifs is 2. The van der Waals surface area contributed by atoms with Crippen LogP contribution in [0.15, 0.2) is 36.4 Å². The van der Waals surface area contributed by atoms with Gasteiger partial charge >= 0.3 is 12.1 Å². The highest BCUT2D eigenvalue weighted by Gasteiger charge is 2.30. The Bertz CT molecular complexity index is 1460. The van der Waals surface area contributed by atoms with Gasteiger partial charge in [0.15, 0.2) is 0 Å². The maximum Gasteiger partial charge on any atom is 0.407 e. The highest BCUT2D eigenvalue weighted by atomic mass is 35.5. The predicted molar refractivity (Wildman–Crippen MR) is 153 cm³/mol. The molecular weight excluding hydrogens is 530 g/mol. The molecule has 1 aromatic heterocycles. The van der Waals surface area contributed by atoms with Crippen LogP contribution in [0.1, 0.15) is 24.1 Å². The molecule has 2 N–H and O–H groups in total. The molecule has 0 aliphatic carbocycles. The number of rotatable bonds is 6. The van der Waals surface area contributed by atoms with E-state index in [1.54, 1.807) is 0 Å². The van der Waals surface area contributed by atoms with Crippen LogP contribution in [0.4, 0.5) is 16.3 Å². The van der Waals surface area contributed by atoms with Crippen molar-refractivity contribution in [3.05, 3.63) is 52.7 Å². The summed E-state index contributed by atoms with van der Waals surface area (Å²) in [6.07, 6.45) is 1.07. The van der Waals surface area contributed by atoms with Gasteiger partial charge in [-0.25, -0.2) is 4.79 Å². The average molecular weight is 562 g/mol. The van der Waals surface area contributed by atoms with Crippen molar-refractivity contribution in [1.29, 1.82) is 5.26 Å². The lowest BCUT2D eigenvalue weighted by Crippen LogP contribution is -2.51. The third-order valence-corrected chi connectivity index (χ3v) is 8.41. The van der Waals surface area contributed by atoms with Crippen LogP contribution in [0.5, 0.6) is 6.01 Å². The Balaban J connectivity index is 1.31. The smallest absolute Gasteiger partial charge is 0.407 e. The lowest BCUT2D eigenvalue weighted by Gasteiger charge is -2.37. The Kier molecular flexibility index (Phi) is 7.50. The van der Waals surface area contributed by atoms with Crippen LogP contribution in [0.25, 0.3) is 10.8 Å². The molecule has 1 amide bonds. The van der Waals surface area contributed by atoms with Gasteiger partial charge in [0.25, 0.3) is 0 Å².